The van der Waals surface area contributed by atoms with Gasteiger partial charge in [-0.1, -0.05) is 49.9 Å². The Labute approximate surface area is 191 Å². The lowest BCUT2D eigenvalue weighted by atomic mass is 9.94. The Morgan fingerprint density at radius 2 is 1.88 bits per heavy atom. The van der Waals surface area contributed by atoms with Crippen molar-refractivity contribution in [2.24, 2.45) is 0 Å². The van der Waals surface area contributed by atoms with Crippen LogP contribution in [0.15, 0.2) is 41.0 Å². The molecule has 32 heavy (non-hydrogen) atoms. The maximum atomic E-state index is 12.5. The van der Waals surface area contributed by atoms with E-state index in [-0.39, 0.29) is 5.91 Å². The van der Waals surface area contributed by atoms with Crippen LogP contribution in [0.5, 0.6) is 5.75 Å². The number of amides is 1. The Morgan fingerprint density at radius 3 is 2.56 bits per heavy atom. The summed E-state index contributed by atoms with van der Waals surface area (Å²) in [5, 5.41) is 4.03. The van der Waals surface area contributed by atoms with Crippen LogP contribution in [0.25, 0.3) is 27.7 Å². The Morgan fingerprint density at radius 1 is 1.09 bits per heavy atom. The number of rotatable bonds is 9. The molecule has 0 saturated carbocycles. The van der Waals surface area contributed by atoms with Crippen LogP contribution in [0.4, 0.5) is 0 Å². The molecule has 0 aliphatic heterocycles. The van der Waals surface area contributed by atoms with Gasteiger partial charge in [0.1, 0.15) is 11.3 Å². The largest absolute Gasteiger partial charge is 0.496 e. The van der Waals surface area contributed by atoms with E-state index >= 15 is 0 Å². The van der Waals surface area contributed by atoms with Gasteiger partial charge in [0, 0.05) is 34.7 Å². The van der Waals surface area contributed by atoms with Crippen LogP contribution < -0.4 is 10.1 Å². The topological polar surface area (TPSA) is 51.5 Å². The van der Waals surface area contributed by atoms with Crippen LogP contribution in [0, 0.1) is 20.8 Å². The molecule has 1 amide bonds. The van der Waals surface area contributed by atoms with E-state index in [1.54, 1.807) is 13.2 Å². The van der Waals surface area contributed by atoms with Crippen LogP contribution >= 0.6 is 0 Å². The number of unbranched alkanes of at least 4 members (excludes halogenated alkanes) is 3. The average Bonchev–Trinajstić information content (AvgIpc) is 3.17. The zero-order valence-electron chi connectivity index (χ0n) is 20.2. The molecule has 170 valence electrons. The number of hydrogen-bond donors (Lipinski definition) is 1. The van der Waals surface area contributed by atoms with E-state index in [4.69, 9.17) is 9.15 Å². The third-order valence-electron chi connectivity index (χ3n) is 6.02. The minimum atomic E-state index is -0.0689. The molecule has 3 rings (SSSR count). The highest BCUT2D eigenvalue weighted by atomic mass is 16.5. The number of nitrogens with one attached hydrogen (secondary N) is 1. The van der Waals surface area contributed by atoms with Crippen molar-refractivity contribution in [1.82, 2.24) is 5.32 Å². The highest BCUT2D eigenvalue weighted by molar-refractivity contribution is 6.02. The molecule has 1 N–H and O–H groups in total. The first-order valence-electron chi connectivity index (χ1n) is 11.5. The standard InChI is InChI=1S/C28H35NO3/c1-7-8-9-10-13-29-26(30)15-20(4)23-16-24-25(22-12-11-18(2)14-19(22)3)17-32-28(24)21(5)27(23)31-6/h11-12,14-17H,7-10,13H2,1-6H3,(H,29,30)/b20-15+. The van der Waals surface area contributed by atoms with Crippen molar-refractivity contribution >= 4 is 22.4 Å². The molecule has 4 heteroatoms. The number of allylic oxidation sites excluding steroid dienone is 1. The van der Waals surface area contributed by atoms with Crippen LogP contribution in [0.1, 0.15) is 61.8 Å². The molecule has 1 heterocycles. The van der Waals surface area contributed by atoms with Crippen LogP contribution in [0.2, 0.25) is 0 Å². The third kappa shape index (κ3) is 5.07. The number of hydrogen-bond acceptors (Lipinski definition) is 3. The van der Waals surface area contributed by atoms with Crippen molar-refractivity contribution in [3.63, 3.8) is 0 Å². The van der Waals surface area contributed by atoms with Gasteiger partial charge in [0.15, 0.2) is 0 Å². The molecular formula is C28H35NO3. The van der Waals surface area contributed by atoms with E-state index < -0.39 is 0 Å². The normalized spacial score (nSPS) is 11.8. The summed E-state index contributed by atoms with van der Waals surface area (Å²) in [6.45, 7) is 11.1. The number of carbonyl (C=O) groups excluding carboxylic acids is 1. The first-order chi connectivity index (χ1) is 15.4. The lowest BCUT2D eigenvalue weighted by molar-refractivity contribution is -0.116. The highest BCUT2D eigenvalue weighted by Gasteiger charge is 2.19. The Bertz CT molecular complexity index is 1140. The third-order valence-corrected chi connectivity index (χ3v) is 6.02. The van der Waals surface area contributed by atoms with E-state index in [1.165, 1.54) is 24.0 Å². The fraction of sp³-hybridized carbons (Fsp3) is 0.393. The summed E-state index contributed by atoms with van der Waals surface area (Å²) in [5.41, 5.74) is 8.16. The molecule has 0 aliphatic rings. The first kappa shape index (κ1) is 23.6. The molecule has 4 nitrogen and oxygen atoms in total. The summed E-state index contributed by atoms with van der Waals surface area (Å²) in [5.74, 6) is 0.670. The summed E-state index contributed by atoms with van der Waals surface area (Å²) in [6.07, 6.45) is 8.03. The smallest absolute Gasteiger partial charge is 0.244 e. The van der Waals surface area contributed by atoms with Crippen molar-refractivity contribution in [3.05, 3.63) is 58.9 Å². The number of carbonyl (C=O) groups is 1. The van der Waals surface area contributed by atoms with Crippen LogP contribution in [-0.4, -0.2) is 19.6 Å². The van der Waals surface area contributed by atoms with Crippen LogP contribution in [-0.2, 0) is 4.79 Å². The SMILES string of the molecule is CCCCCCNC(=O)/C=C(\C)c1cc2c(-c3ccc(C)cc3C)coc2c(C)c1OC. The molecule has 1 aromatic heterocycles. The van der Waals surface area contributed by atoms with Crippen molar-refractivity contribution in [2.45, 2.75) is 60.3 Å². The summed E-state index contributed by atoms with van der Waals surface area (Å²) >= 11 is 0. The van der Waals surface area contributed by atoms with Gasteiger partial charge in [-0.05, 0) is 56.9 Å². The summed E-state index contributed by atoms with van der Waals surface area (Å²) in [7, 11) is 1.66. The van der Waals surface area contributed by atoms with Gasteiger partial charge >= 0.3 is 0 Å². The molecule has 0 bridgehead atoms. The summed E-state index contributed by atoms with van der Waals surface area (Å²) < 4.78 is 11.7. The predicted molar refractivity (Wildman–Crippen MR) is 133 cm³/mol. The monoisotopic (exact) mass is 433 g/mol. The molecular weight excluding hydrogens is 398 g/mol. The number of aryl methyl sites for hydroxylation is 3. The number of furan rings is 1. The highest BCUT2D eigenvalue weighted by Crippen LogP contribution is 2.41. The lowest BCUT2D eigenvalue weighted by Gasteiger charge is -2.14. The number of methoxy groups -OCH3 is 1. The Balaban J connectivity index is 1.98. The molecule has 0 fully saturated rings. The lowest BCUT2D eigenvalue weighted by Crippen LogP contribution is -2.22. The maximum absolute atomic E-state index is 12.5. The van der Waals surface area contributed by atoms with Gasteiger partial charge in [-0.2, -0.15) is 0 Å². The van der Waals surface area contributed by atoms with Crippen molar-refractivity contribution in [2.75, 3.05) is 13.7 Å². The number of benzene rings is 2. The number of ether oxygens (including phenoxy) is 1. The van der Waals surface area contributed by atoms with Gasteiger partial charge in [0.05, 0.1) is 13.4 Å². The molecule has 0 aliphatic carbocycles. The van der Waals surface area contributed by atoms with Gasteiger partial charge < -0.3 is 14.5 Å². The molecule has 0 saturated heterocycles. The zero-order chi connectivity index (χ0) is 23.3. The van der Waals surface area contributed by atoms with E-state index in [1.807, 2.05) is 20.1 Å². The second-order valence-electron chi connectivity index (χ2n) is 8.61. The summed E-state index contributed by atoms with van der Waals surface area (Å²) in [6, 6.07) is 8.53. The maximum Gasteiger partial charge on any atom is 0.244 e. The second-order valence-corrected chi connectivity index (χ2v) is 8.61. The van der Waals surface area contributed by atoms with Gasteiger partial charge in [0.25, 0.3) is 0 Å². The zero-order valence-corrected chi connectivity index (χ0v) is 20.2. The number of fused-ring (bicyclic) bond motifs is 1. The van der Waals surface area contributed by atoms with E-state index in [0.717, 1.165) is 57.4 Å². The van der Waals surface area contributed by atoms with E-state index in [9.17, 15) is 4.79 Å². The van der Waals surface area contributed by atoms with E-state index in [0.29, 0.717) is 6.54 Å². The molecule has 0 spiro atoms. The average molecular weight is 434 g/mol. The van der Waals surface area contributed by atoms with E-state index in [2.05, 4.69) is 50.4 Å². The molecule has 0 unspecified atom stereocenters. The second kappa shape index (κ2) is 10.5. The quantitative estimate of drug-likeness (QED) is 0.288. The Hall–Kier alpha value is -3.01. The van der Waals surface area contributed by atoms with Gasteiger partial charge in [-0.15, -0.1) is 0 Å². The van der Waals surface area contributed by atoms with Crippen LogP contribution in [0.3, 0.4) is 0 Å². The van der Waals surface area contributed by atoms with Gasteiger partial charge in [-0.25, -0.2) is 0 Å². The first-order valence-corrected chi connectivity index (χ1v) is 11.5. The molecule has 0 atom stereocenters. The molecule has 0 radical (unpaired) electrons. The van der Waals surface area contributed by atoms with Crippen molar-refractivity contribution < 1.29 is 13.9 Å². The fourth-order valence-corrected chi connectivity index (χ4v) is 4.28. The van der Waals surface area contributed by atoms with Gasteiger partial charge in [-0.3, -0.25) is 4.79 Å². The van der Waals surface area contributed by atoms with Crippen molar-refractivity contribution in [1.29, 1.82) is 0 Å². The summed E-state index contributed by atoms with van der Waals surface area (Å²) in [4.78, 5) is 12.5. The Kier molecular flexibility index (Phi) is 7.79. The minimum absolute atomic E-state index is 0.0689. The van der Waals surface area contributed by atoms with Gasteiger partial charge in [0.2, 0.25) is 5.91 Å². The predicted octanol–water partition coefficient (Wildman–Crippen LogP) is 7.13. The fourth-order valence-electron chi connectivity index (χ4n) is 4.28. The minimum Gasteiger partial charge on any atom is -0.496 e. The van der Waals surface area contributed by atoms with Crippen molar-refractivity contribution in [3.8, 4) is 16.9 Å². The molecule has 2 aromatic carbocycles. The molecule has 3 aromatic rings.